The topological polar surface area (TPSA) is 54.3 Å². The summed E-state index contributed by atoms with van der Waals surface area (Å²) in [6.45, 7) is 5.27. The zero-order valence-electron chi connectivity index (χ0n) is 16.9. The Labute approximate surface area is 176 Å². The molecule has 0 aliphatic carbocycles. The fraction of sp³-hybridized carbons (Fsp3) is 0.409. The number of benzene rings is 1. The number of aromatic nitrogens is 3. The van der Waals surface area contributed by atoms with E-state index >= 15 is 0 Å². The van der Waals surface area contributed by atoms with Crippen molar-refractivity contribution >= 4 is 28.4 Å². The smallest absolute Gasteiger partial charge is 0.272 e. The molecule has 1 saturated heterocycles. The van der Waals surface area contributed by atoms with Gasteiger partial charge in [0.05, 0.1) is 17.1 Å². The molecule has 0 radical (unpaired) electrons. The van der Waals surface area contributed by atoms with Gasteiger partial charge in [-0.05, 0) is 38.1 Å². The molecule has 6 nitrogen and oxygen atoms in total. The van der Waals surface area contributed by atoms with Gasteiger partial charge in [0.15, 0.2) is 0 Å². The van der Waals surface area contributed by atoms with Crippen LogP contribution in [0.2, 0.25) is 5.02 Å². The van der Waals surface area contributed by atoms with Crippen molar-refractivity contribution < 1.29 is 4.79 Å². The number of hydrogen-bond donors (Lipinski definition) is 0. The molecule has 2 aromatic heterocycles. The quantitative estimate of drug-likeness (QED) is 0.620. The van der Waals surface area contributed by atoms with E-state index in [1.165, 1.54) is 6.42 Å². The Morgan fingerprint density at radius 2 is 2.10 bits per heavy atom. The highest BCUT2D eigenvalue weighted by atomic mass is 35.5. The first-order valence-electron chi connectivity index (χ1n) is 10.1. The van der Waals surface area contributed by atoms with Gasteiger partial charge >= 0.3 is 0 Å². The number of para-hydroxylation sites is 1. The van der Waals surface area contributed by atoms with Crippen molar-refractivity contribution in [2.75, 3.05) is 19.6 Å². The number of fused-ring (bicyclic) bond motifs is 1. The maximum Gasteiger partial charge on any atom is 0.272 e. The predicted octanol–water partition coefficient (Wildman–Crippen LogP) is 3.75. The number of nitrogens with zero attached hydrogens (tertiary/aromatic N) is 5. The first kappa shape index (κ1) is 19.9. The number of hydrogen-bond acceptors (Lipinski definition) is 4. The fourth-order valence-corrected chi connectivity index (χ4v) is 4.37. The van der Waals surface area contributed by atoms with Crippen LogP contribution in [0.15, 0.2) is 42.6 Å². The van der Waals surface area contributed by atoms with Gasteiger partial charge in [-0.15, -0.1) is 0 Å². The highest BCUT2D eigenvalue weighted by Crippen LogP contribution is 2.22. The SMILES string of the molecule is CCN1CCCC1CN(Cc1nn(C)cc1Cl)C(=O)c1ccc2ccccc2n1. The summed E-state index contributed by atoms with van der Waals surface area (Å²) in [6, 6.07) is 12.0. The Balaban J connectivity index is 1.63. The van der Waals surface area contributed by atoms with E-state index in [0.717, 1.165) is 30.4 Å². The molecule has 1 fully saturated rings. The Morgan fingerprint density at radius 3 is 2.86 bits per heavy atom. The number of carbonyl (C=O) groups excluding carboxylic acids is 1. The van der Waals surface area contributed by atoms with Crippen LogP contribution >= 0.6 is 11.6 Å². The van der Waals surface area contributed by atoms with Gasteiger partial charge in [-0.25, -0.2) is 4.98 Å². The van der Waals surface area contributed by atoms with Crippen molar-refractivity contribution in [2.24, 2.45) is 7.05 Å². The maximum absolute atomic E-state index is 13.5. The third-order valence-corrected chi connectivity index (χ3v) is 5.95. The summed E-state index contributed by atoms with van der Waals surface area (Å²) in [4.78, 5) is 22.4. The molecule has 0 spiro atoms. The van der Waals surface area contributed by atoms with Crippen LogP contribution in [0.5, 0.6) is 0 Å². The molecule has 1 atom stereocenters. The van der Waals surface area contributed by atoms with Crippen LogP contribution in [0.1, 0.15) is 35.9 Å². The number of aryl methyl sites for hydroxylation is 1. The summed E-state index contributed by atoms with van der Waals surface area (Å²) in [5, 5.41) is 6.05. The molecule has 1 unspecified atom stereocenters. The van der Waals surface area contributed by atoms with E-state index in [2.05, 4.69) is 21.9 Å². The number of likely N-dealkylation sites (tertiary alicyclic amines) is 1. The first-order chi connectivity index (χ1) is 14.0. The van der Waals surface area contributed by atoms with Crippen molar-refractivity contribution in [3.63, 3.8) is 0 Å². The van der Waals surface area contributed by atoms with E-state index < -0.39 is 0 Å². The van der Waals surface area contributed by atoms with Crippen molar-refractivity contribution in [2.45, 2.75) is 32.4 Å². The lowest BCUT2D eigenvalue weighted by molar-refractivity contribution is 0.0684. The van der Waals surface area contributed by atoms with Gasteiger partial charge in [0, 0.05) is 31.2 Å². The van der Waals surface area contributed by atoms with Crippen LogP contribution in [0.3, 0.4) is 0 Å². The van der Waals surface area contributed by atoms with Crippen molar-refractivity contribution in [3.05, 3.63) is 59.0 Å². The van der Waals surface area contributed by atoms with Gasteiger partial charge in [0.2, 0.25) is 0 Å². The van der Waals surface area contributed by atoms with E-state index in [0.29, 0.717) is 35.5 Å². The minimum absolute atomic E-state index is 0.0829. The molecule has 29 heavy (non-hydrogen) atoms. The lowest BCUT2D eigenvalue weighted by Crippen LogP contribution is -2.43. The van der Waals surface area contributed by atoms with Crippen LogP contribution in [-0.4, -0.2) is 56.1 Å². The van der Waals surface area contributed by atoms with E-state index in [1.54, 1.807) is 10.9 Å². The van der Waals surface area contributed by atoms with Crippen molar-refractivity contribution in [1.29, 1.82) is 0 Å². The Bertz CT molecular complexity index is 1020. The number of rotatable bonds is 6. The molecule has 1 aliphatic heterocycles. The van der Waals surface area contributed by atoms with Gasteiger partial charge in [0.25, 0.3) is 5.91 Å². The van der Waals surface area contributed by atoms with Gasteiger partial charge in [-0.3, -0.25) is 14.4 Å². The molecule has 7 heteroatoms. The zero-order valence-corrected chi connectivity index (χ0v) is 17.6. The van der Waals surface area contributed by atoms with E-state index in [1.807, 2.05) is 48.3 Å². The second-order valence-electron chi connectivity index (χ2n) is 7.60. The molecule has 1 aliphatic rings. The highest BCUT2D eigenvalue weighted by Gasteiger charge is 2.29. The summed E-state index contributed by atoms with van der Waals surface area (Å²) in [6.07, 6.45) is 4.03. The average molecular weight is 412 g/mol. The number of amides is 1. The Morgan fingerprint density at radius 1 is 1.28 bits per heavy atom. The second-order valence-corrected chi connectivity index (χ2v) is 8.00. The van der Waals surface area contributed by atoms with Gasteiger partial charge in [-0.1, -0.05) is 42.8 Å². The normalized spacial score (nSPS) is 17.1. The van der Waals surface area contributed by atoms with E-state index in [-0.39, 0.29) is 5.91 Å². The summed E-state index contributed by atoms with van der Waals surface area (Å²) >= 11 is 6.34. The summed E-state index contributed by atoms with van der Waals surface area (Å²) in [5.41, 5.74) is 1.99. The molecule has 1 aromatic carbocycles. The molecule has 0 saturated carbocycles. The first-order valence-corrected chi connectivity index (χ1v) is 10.5. The van der Waals surface area contributed by atoms with Crippen LogP contribution in [0, 0.1) is 0 Å². The molecule has 0 bridgehead atoms. The Hall–Kier alpha value is -2.44. The maximum atomic E-state index is 13.5. The summed E-state index contributed by atoms with van der Waals surface area (Å²) in [5.74, 6) is -0.0829. The lowest BCUT2D eigenvalue weighted by Gasteiger charge is -2.30. The molecule has 152 valence electrons. The lowest BCUT2D eigenvalue weighted by atomic mass is 10.1. The average Bonchev–Trinajstić information content (AvgIpc) is 3.31. The van der Waals surface area contributed by atoms with Gasteiger partial charge in [0.1, 0.15) is 11.4 Å². The molecular weight excluding hydrogens is 386 g/mol. The van der Waals surface area contributed by atoms with Crippen LogP contribution in [0.4, 0.5) is 0 Å². The minimum Gasteiger partial charge on any atom is -0.330 e. The van der Waals surface area contributed by atoms with Gasteiger partial charge < -0.3 is 4.90 Å². The summed E-state index contributed by atoms with van der Waals surface area (Å²) in [7, 11) is 1.84. The number of carbonyl (C=O) groups is 1. The van der Waals surface area contributed by atoms with Crippen molar-refractivity contribution in [3.8, 4) is 0 Å². The molecule has 3 heterocycles. The predicted molar refractivity (Wildman–Crippen MR) is 115 cm³/mol. The Kier molecular flexibility index (Phi) is 5.83. The fourth-order valence-electron chi connectivity index (χ4n) is 4.13. The molecule has 0 N–H and O–H groups in total. The van der Waals surface area contributed by atoms with Crippen LogP contribution < -0.4 is 0 Å². The van der Waals surface area contributed by atoms with Crippen LogP contribution in [0.25, 0.3) is 10.9 Å². The third-order valence-electron chi connectivity index (χ3n) is 5.64. The molecule has 3 aromatic rings. The number of pyridine rings is 1. The van der Waals surface area contributed by atoms with E-state index in [4.69, 9.17) is 11.6 Å². The van der Waals surface area contributed by atoms with E-state index in [9.17, 15) is 4.79 Å². The molecular formula is C22H26ClN5O. The van der Waals surface area contributed by atoms with Crippen molar-refractivity contribution in [1.82, 2.24) is 24.6 Å². The minimum atomic E-state index is -0.0829. The second kappa shape index (κ2) is 8.51. The monoisotopic (exact) mass is 411 g/mol. The largest absolute Gasteiger partial charge is 0.330 e. The zero-order chi connectivity index (χ0) is 20.4. The highest BCUT2D eigenvalue weighted by molar-refractivity contribution is 6.31. The standard InChI is InChI=1S/C22H26ClN5O/c1-3-27-12-6-8-17(27)13-28(15-21-18(23)14-26(2)25-21)22(29)20-11-10-16-7-4-5-9-19(16)24-20/h4-5,7,9-11,14,17H,3,6,8,12-13,15H2,1-2H3. The number of halogens is 1. The van der Waals surface area contributed by atoms with Crippen LogP contribution in [-0.2, 0) is 13.6 Å². The third kappa shape index (κ3) is 4.28. The van der Waals surface area contributed by atoms with Gasteiger partial charge in [-0.2, -0.15) is 5.10 Å². The number of likely N-dealkylation sites (N-methyl/N-ethyl adjacent to an activating group) is 1. The summed E-state index contributed by atoms with van der Waals surface area (Å²) < 4.78 is 1.68. The molecule has 4 rings (SSSR count). The molecule has 1 amide bonds.